The van der Waals surface area contributed by atoms with E-state index in [0.29, 0.717) is 21.4 Å². The van der Waals surface area contributed by atoms with Crippen LogP contribution in [-0.4, -0.2) is 18.4 Å². The molecule has 0 aromatic heterocycles. The molecule has 0 radical (unpaired) electrons. The normalized spacial score (nSPS) is 10.3. The number of carbonyl (C=O) groups excluding carboxylic acids is 2. The third-order valence-electron chi connectivity index (χ3n) is 3.54. The van der Waals surface area contributed by atoms with Gasteiger partial charge in [0.25, 0.3) is 0 Å². The Labute approximate surface area is 151 Å². The van der Waals surface area contributed by atoms with Gasteiger partial charge in [0.2, 0.25) is 11.8 Å². The van der Waals surface area contributed by atoms with Crippen molar-refractivity contribution in [3.63, 3.8) is 0 Å². The van der Waals surface area contributed by atoms with E-state index in [9.17, 15) is 9.59 Å². The van der Waals surface area contributed by atoms with E-state index in [2.05, 4.69) is 5.32 Å². The van der Waals surface area contributed by atoms with Gasteiger partial charge in [-0.2, -0.15) is 0 Å². The smallest absolute Gasteiger partial charge is 0.226 e. The first-order chi connectivity index (χ1) is 11.4. The highest BCUT2D eigenvalue weighted by atomic mass is 35.5. The predicted octanol–water partition coefficient (Wildman–Crippen LogP) is 4.68. The van der Waals surface area contributed by atoms with Crippen molar-refractivity contribution in [1.29, 1.82) is 0 Å². The molecule has 4 nitrogen and oxygen atoms in total. The van der Waals surface area contributed by atoms with Gasteiger partial charge in [-0.15, -0.1) is 0 Å². The van der Waals surface area contributed by atoms with Crippen LogP contribution in [0.25, 0.3) is 0 Å². The van der Waals surface area contributed by atoms with Gasteiger partial charge in [-0.05, 0) is 48.9 Å². The summed E-state index contributed by atoms with van der Waals surface area (Å²) < 4.78 is 0. The number of nitrogens with one attached hydrogen (secondary N) is 1. The SMILES string of the molecule is CC(=O)N(CCC(=O)Nc1ccc(C)c(Cl)c1)c1ccc(Cl)cc1. The largest absolute Gasteiger partial charge is 0.326 e. The Bertz CT molecular complexity index is 745. The maximum atomic E-state index is 12.1. The summed E-state index contributed by atoms with van der Waals surface area (Å²) in [6.07, 6.45) is 0.174. The summed E-state index contributed by atoms with van der Waals surface area (Å²) in [5, 5.41) is 3.97. The molecule has 0 aliphatic rings. The van der Waals surface area contributed by atoms with E-state index in [4.69, 9.17) is 23.2 Å². The molecule has 2 aromatic carbocycles. The first-order valence-corrected chi connectivity index (χ1v) is 8.22. The summed E-state index contributed by atoms with van der Waals surface area (Å²) in [4.78, 5) is 25.5. The lowest BCUT2D eigenvalue weighted by molar-refractivity contribution is -0.117. The second-order valence-electron chi connectivity index (χ2n) is 5.41. The van der Waals surface area contributed by atoms with Gasteiger partial charge in [-0.1, -0.05) is 29.3 Å². The van der Waals surface area contributed by atoms with Crippen LogP contribution in [0.1, 0.15) is 18.9 Å². The molecule has 0 spiro atoms. The Morgan fingerprint density at radius 3 is 2.33 bits per heavy atom. The molecule has 0 heterocycles. The van der Waals surface area contributed by atoms with E-state index >= 15 is 0 Å². The molecule has 2 amide bonds. The quantitative estimate of drug-likeness (QED) is 0.836. The number of aryl methyl sites for hydroxylation is 1. The van der Waals surface area contributed by atoms with Crippen molar-refractivity contribution in [3.05, 3.63) is 58.1 Å². The van der Waals surface area contributed by atoms with Crippen molar-refractivity contribution in [2.45, 2.75) is 20.3 Å². The van der Waals surface area contributed by atoms with Gasteiger partial charge in [-0.3, -0.25) is 9.59 Å². The van der Waals surface area contributed by atoms with E-state index in [1.165, 1.54) is 11.8 Å². The molecule has 0 unspecified atom stereocenters. The average Bonchev–Trinajstić information content (AvgIpc) is 2.52. The molecular formula is C18H18Cl2N2O2. The highest BCUT2D eigenvalue weighted by Gasteiger charge is 2.13. The summed E-state index contributed by atoms with van der Waals surface area (Å²) in [7, 11) is 0. The van der Waals surface area contributed by atoms with E-state index in [-0.39, 0.29) is 24.8 Å². The zero-order chi connectivity index (χ0) is 17.7. The molecule has 0 bridgehead atoms. The predicted molar refractivity (Wildman–Crippen MR) is 98.9 cm³/mol. The Morgan fingerprint density at radius 2 is 1.75 bits per heavy atom. The molecule has 0 aliphatic heterocycles. The second kappa shape index (κ2) is 8.18. The van der Waals surface area contributed by atoms with Crippen LogP contribution in [0.5, 0.6) is 0 Å². The van der Waals surface area contributed by atoms with Gasteiger partial charge in [0.05, 0.1) is 0 Å². The molecular weight excluding hydrogens is 347 g/mol. The Kier molecular flexibility index (Phi) is 6.23. The summed E-state index contributed by atoms with van der Waals surface area (Å²) in [5.41, 5.74) is 2.29. The third-order valence-corrected chi connectivity index (χ3v) is 4.20. The summed E-state index contributed by atoms with van der Waals surface area (Å²) in [6, 6.07) is 12.3. The topological polar surface area (TPSA) is 49.4 Å². The molecule has 0 saturated heterocycles. The fraction of sp³-hybridized carbons (Fsp3) is 0.222. The molecule has 0 fully saturated rings. The number of nitrogens with zero attached hydrogens (tertiary/aromatic N) is 1. The maximum absolute atomic E-state index is 12.1. The van der Waals surface area contributed by atoms with Crippen LogP contribution in [0.15, 0.2) is 42.5 Å². The number of anilines is 2. The molecule has 0 aliphatic carbocycles. The minimum absolute atomic E-state index is 0.136. The fourth-order valence-electron chi connectivity index (χ4n) is 2.20. The summed E-state index contributed by atoms with van der Waals surface area (Å²) in [6.45, 7) is 3.64. The number of hydrogen-bond donors (Lipinski definition) is 1. The van der Waals surface area contributed by atoms with Gasteiger partial charge < -0.3 is 10.2 Å². The zero-order valence-corrected chi connectivity index (χ0v) is 15.0. The fourth-order valence-corrected chi connectivity index (χ4v) is 2.50. The molecule has 126 valence electrons. The van der Waals surface area contributed by atoms with Crippen LogP contribution < -0.4 is 10.2 Å². The standard InChI is InChI=1S/C18H18Cl2N2O2/c1-12-3-6-15(11-17(12)20)21-18(24)9-10-22(13(2)23)16-7-4-14(19)5-8-16/h3-8,11H,9-10H2,1-2H3,(H,21,24). The molecule has 2 aromatic rings. The number of hydrogen-bond acceptors (Lipinski definition) is 2. The monoisotopic (exact) mass is 364 g/mol. The van der Waals surface area contributed by atoms with Gasteiger partial charge in [-0.25, -0.2) is 0 Å². The van der Waals surface area contributed by atoms with Crippen LogP contribution in [0.4, 0.5) is 11.4 Å². The first kappa shape index (κ1) is 18.3. The highest BCUT2D eigenvalue weighted by molar-refractivity contribution is 6.31. The number of rotatable bonds is 5. The Morgan fingerprint density at radius 1 is 1.08 bits per heavy atom. The molecule has 6 heteroatoms. The number of benzene rings is 2. The third kappa shape index (κ3) is 4.98. The molecule has 2 rings (SSSR count). The van der Waals surface area contributed by atoms with Gasteiger partial charge in [0, 0.05) is 41.3 Å². The number of halogens is 2. The van der Waals surface area contributed by atoms with Crippen LogP contribution in [0.2, 0.25) is 10.0 Å². The van der Waals surface area contributed by atoms with Crippen molar-refractivity contribution in [1.82, 2.24) is 0 Å². The molecule has 0 atom stereocenters. The van der Waals surface area contributed by atoms with Gasteiger partial charge in [0.15, 0.2) is 0 Å². The Hall–Kier alpha value is -2.04. The van der Waals surface area contributed by atoms with Crippen LogP contribution >= 0.6 is 23.2 Å². The van der Waals surface area contributed by atoms with E-state index in [1.54, 1.807) is 36.4 Å². The van der Waals surface area contributed by atoms with E-state index < -0.39 is 0 Å². The van der Waals surface area contributed by atoms with Gasteiger partial charge >= 0.3 is 0 Å². The first-order valence-electron chi connectivity index (χ1n) is 7.46. The van der Waals surface area contributed by atoms with E-state index in [0.717, 1.165) is 5.56 Å². The molecule has 24 heavy (non-hydrogen) atoms. The van der Waals surface area contributed by atoms with Crippen molar-refractivity contribution in [3.8, 4) is 0 Å². The Balaban J connectivity index is 1.98. The minimum atomic E-state index is -0.185. The van der Waals surface area contributed by atoms with Crippen LogP contribution in [0, 0.1) is 6.92 Å². The van der Waals surface area contributed by atoms with E-state index in [1.807, 2.05) is 13.0 Å². The minimum Gasteiger partial charge on any atom is -0.326 e. The summed E-state index contributed by atoms with van der Waals surface area (Å²) in [5.74, 6) is -0.321. The lowest BCUT2D eigenvalue weighted by atomic mass is 10.2. The average molecular weight is 365 g/mol. The lowest BCUT2D eigenvalue weighted by Crippen LogP contribution is -2.31. The number of carbonyl (C=O) groups is 2. The molecule has 1 N–H and O–H groups in total. The lowest BCUT2D eigenvalue weighted by Gasteiger charge is -2.21. The van der Waals surface area contributed by atoms with Crippen LogP contribution in [0.3, 0.4) is 0 Å². The maximum Gasteiger partial charge on any atom is 0.226 e. The van der Waals surface area contributed by atoms with Crippen molar-refractivity contribution in [2.24, 2.45) is 0 Å². The highest BCUT2D eigenvalue weighted by Crippen LogP contribution is 2.21. The second-order valence-corrected chi connectivity index (χ2v) is 6.25. The zero-order valence-electron chi connectivity index (χ0n) is 13.5. The van der Waals surface area contributed by atoms with Crippen molar-refractivity contribution >= 4 is 46.4 Å². The van der Waals surface area contributed by atoms with Gasteiger partial charge in [0.1, 0.15) is 0 Å². The summed E-state index contributed by atoms with van der Waals surface area (Å²) >= 11 is 11.9. The van der Waals surface area contributed by atoms with Crippen molar-refractivity contribution < 1.29 is 9.59 Å². The van der Waals surface area contributed by atoms with Crippen LogP contribution in [-0.2, 0) is 9.59 Å². The van der Waals surface area contributed by atoms with Crippen molar-refractivity contribution in [2.75, 3.05) is 16.8 Å². The number of amides is 2. The molecule has 0 saturated carbocycles.